The van der Waals surface area contributed by atoms with Gasteiger partial charge in [-0.2, -0.15) is 5.26 Å². The van der Waals surface area contributed by atoms with Crippen molar-refractivity contribution in [1.29, 1.82) is 5.26 Å². The number of methoxy groups -OCH3 is 1. The van der Waals surface area contributed by atoms with Gasteiger partial charge in [0.1, 0.15) is 5.75 Å². The highest BCUT2D eigenvalue weighted by Crippen LogP contribution is 2.19. The summed E-state index contributed by atoms with van der Waals surface area (Å²) in [7, 11) is 3.46. The fourth-order valence-electron chi connectivity index (χ4n) is 1.43. The van der Waals surface area contributed by atoms with E-state index in [2.05, 4.69) is 6.19 Å². The number of likely N-dealkylation sites (N-methyl/N-ethyl adjacent to an activating group) is 1. The molecule has 0 radical (unpaired) electrons. The third kappa shape index (κ3) is 2.88. The number of rotatable bonds is 4. The van der Waals surface area contributed by atoms with Gasteiger partial charge in [-0.1, -0.05) is 18.2 Å². The molecule has 3 nitrogen and oxygen atoms in total. The average Bonchev–Trinajstić information content (AvgIpc) is 2.28. The number of hydrogen-bond acceptors (Lipinski definition) is 3. The first-order chi connectivity index (χ1) is 7.19. The fourth-order valence-corrected chi connectivity index (χ4v) is 1.43. The molecule has 15 heavy (non-hydrogen) atoms. The predicted octanol–water partition coefficient (Wildman–Crippen LogP) is 2.04. The Balaban J connectivity index is 2.76. The molecule has 0 heterocycles. The summed E-state index contributed by atoms with van der Waals surface area (Å²) in [6, 6.07) is 8.08. The van der Waals surface area contributed by atoms with Crippen molar-refractivity contribution < 1.29 is 4.74 Å². The highest BCUT2D eigenvalue weighted by molar-refractivity contribution is 5.33. The molecule has 0 saturated carbocycles. The van der Waals surface area contributed by atoms with Crippen LogP contribution in [-0.4, -0.2) is 25.1 Å². The molecule has 0 fully saturated rings. The highest BCUT2D eigenvalue weighted by atomic mass is 16.5. The summed E-state index contributed by atoms with van der Waals surface area (Å²) < 4.78 is 5.26. The summed E-state index contributed by atoms with van der Waals surface area (Å²) >= 11 is 0. The normalized spacial score (nSPS) is 11.6. The van der Waals surface area contributed by atoms with Gasteiger partial charge in [0.05, 0.1) is 7.11 Å². The lowest BCUT2D eigenvalue weighted by atomic mass is 10.1. The van der Waals surface area contributed by atoms with Crippen molar-refractivity contribution in [2.75, 3.05) is 14.2 Å². The Morgan fingerprint density at radius 2 is 2.13 bits per heavy atom. The molecule has 0 amide bonds. The van der Waals surface area contributed by atoms with Gasteiger partial charge in [-0.15, -0.1) is 0 Å². The zero-order valence-electron chi connectivity index (χ0n) is 9.40. The Bertz CT molecular complexity index is 357. The van der Waals surface area contributed by atoms with E-state index in [1.165, 1.54) is 0 Å². The summed E-state index contributed by atoms with van der Waals surface area (Å²) in [5, 5.41) is 8.75. The number of hydrogen-bond donors (Lipinski definition) is 0. The van der Waals surface area contributed by atoms with Crippen molar-refractivity contribution in [3.63, 3.8) is 0 Å². The molecule has 1 unspecified atom stereocenters. The Morgan fingerprint density at radius 3 is 2.73 bits per heavy atom. The molecule has 0 bridgehead atoms. The first kappa shape index (κ1) is 11.4. The molecular formula is C12H16N2O. The lowest BCUT2D eigenvalue weighted by molar-refractivity contribution is 0.355. The summed E-state index contributed by atoms with van der Waals surface area (Å²) in [6.45, 7) is 2.02. The third-order valence-corrected chi connectivity index (χ3v) is 2.53. The molecule has 1 rings (SSSR count). The topological polar surface area (TPSA) is 36.3 Å². The van der Waals surface area contributed by atoms with Gasteiger partial charge >= 0.3 is 0 Å². The van der Waals surface area contributed by atoms with Crippen molar-refractivity contribution in [3.05, 3.63) is 29.8 Å². The Hall–Kier alpha value is -1.69. The van der Waals surface area contributed by atoms with E-state index >= 15 is 0 Å². The minimum Gasteiger partial charge on any atom is -0.496 e. The summed E-state index contributed by atoms with van der Waals surface area (Å²) in [5.74, 6) is 0.885. The van der Waals surface area contributed by atoms with Crippen LogP contribution in [0.1, 0.15) is 12.5 Å². The van der Waals surface area contributed by atoms with Gasteiger partial charge in [-0.05, 0) is 25.0 Å². The Morgan fingerprint density at radius 1 is 1.47 bits per heavy atom. The van der Waals surface area contributed by atoms with E-state index in [1.807, 2.05) is 31.2 Å². The van der Waals surface area contributed by atoms with Gasteiger partial charge in [-0.25, -0.2) is 0 Å². The predicted molar refractivity (Wildman–Crippen MR) is 59.5 cm³/mol. The Kier molecular flexibility index (Phi) is 3.99. The number of ether oxygens (including phenoxy) is 1. The molecule has 0 spiro atoms. The molecule has 3 heteroatoms. The van der Waals surface area contributed by atoms with Crippen LogP contribution < -0.4 is 4.74 Å². The summed E-state index contributed by atoms with van der Waals surface area (Å²) in [6.07, 6.45) is 2.93. The Labute approximate surface area is 90.9 Å². The lowest BCUT2D eigenvalue weighted by Crippen LogP contribution is -2.26. The van der Waals surface area contributed by atoms with E-state index in [0.29, 0.717) is 0 Å². The van der Waals surface area contributed by atoms with Crippen LogP contribution in [0.2, 0.25) is 0 Å². The maximum absolute atomic E-state index is 8.75. The largest absolute Gasteiger partial charge is 0.496 e. The molecule has 0 aromatic heterocycles. The van der Waals surface area contributed by atoms with Gasteiger partial charge < -0.3 is 9.64 Å². The van der Waals surface area contributed by atoms with Crippen LogP contribution in [0.3, 0.4) is 0 Å². The first-order valence-electron chi connectivity index (χ1n) is 4.93. The minimum absolute atomic E-state index is 0.186. The van der Waals surface area contributed by atoms with Crippen molar-refractivity contribution in [2.24, 2.45) is 0 Å². The van der Waals surface area contributed by atoms with Crippen LogP contribution in [0.25, 0.3) is 0 Å². The molecule has 0 aliphatic heterocycles. The molecule has 0 aliphatic carbocycles. The van der Waals surface area contributed by atoms with Gasteiger partial charge in [0.2, 0.25) is 0 Å². The average molecular weight is 204 g/mol. The van der Waals surface area contributed by atoms with E-state index < -0.39 is 0 Å². The molecule has 0 saturated heterocycles. The second-order valence-corrected chi connectivity index (χ2v) is 3.58. The molecule has 80 valence electrons. The minimum atomic E-state index is 0.186. The highest BCUT2D eigenvalue weighted by Gasteiger charge is 2.10. The van der Waals surface area contributed by atoms with E-state index in [0.717, 1.165) is 17.7 Å². The van der Waals surface area contributed by atoms with Gasteiger partial charge in [0.25, 0.3) is 0 Å². The first-order valence-corrected chi connectivity index (χ1v) is 4.93. The molecular weight excluding hydrogens is 188 g/mol. The summed E-state index contributed by atoms with van der Waals surface area (Å²) in [4.78, 5) is 1.65. The summed E-state index contributed by atoms with van der Waals surface area (Å²) in [5.41, 5.74) is 1.13. The molecule has 1 atom stereocenters. The van der Waals surface area contributed by atoms with Gasteiger partial charge in [-0.3, -0.25) is 0 Å². The van der Waals surface area contributed by atoms with Crippen molar-refractivity contribution in [1.82, 2.24) is 4.90 Å². The van der Waals surface area contributed by atoms with Crippen LogP contribution in [0, 0.1) is 11.5 Å². The number of nitrogens with zero attached hydrogens (tertiary/aromatic N) is 2. The lowest BCUT2D eigenvalue weighted by Gasteiger charge is -2.19. The number of para-hydroxylation sites is 1. The van der Waals surface area contributed by atoms with Crippen LogP contribution in [0.15, 0.2) is 24.3 Å². The van der Waals surface area contributed by atoms with E-state index in [-0.39, 0.29) is 6.04 Å². The maximum atomic E-state index is 8.75. The molecule has 1 aromatic rings. The monoisotopic (exact) mass is 204 g/mol. The van der Waals surface area contributed by atoms with E-state index in [1.54, 1.807) is 19.1 Å². The number of nitriles is 1. The SMILES string of the molecule is COc1ccccc1CC(C)N(C)C#N. The van der Waals surface area contributed by atoms with E-state index in [4.69, 9.17) is 10.00 Å². The van der Waals surface area contributed by atoms with E-state index in [9.17, 15) is 0 Å². The quantitative estimate of drug-likeness (QED) is 0.556. The standard InChI is InChI=1S/C12H16N2O/c1-10(14(2)9-13)8-11-6-4-5-7-12(11)15-3/h4-7,10H,8H2,1-3H3. The molecule has 1 aromatic carbocycles. The van der Waals surface area contributed by atoms with Crippen LogP contribution in [-0.2, 0) is 6.42 Å². The maximum Gasteiger partial charge on any atom is 0.179 e. The fraction of sp³-hybridized carbons (Fsp3) is 0.417. The van der Waals surface area contributed by atoms with Gasteiger partial charge in [0, 0.05) is 13.1 Å². The molecule has 0 aliphatic rings. The third-order valence-electron chi connectivity index (χ3n) is 2.53. The zero-order chi connectivity index (χ0) is 11.3. The van der Waals surface area contributed by atoms with Crippen LogP contribution in [0.4, 0.5) is 0 Å². The molecule has 0 N–H and O–H groups in total. The van der Waals surface area contributed by atoms with Crippen molar-refractivity contribution >= 4 is 0 Å². The van der Waals surface area contributed by atoms with Gasteiger partial charge in [0.15, 0.2) is 6.19 Å². The van der Waals surface area contributed by atoms with Crippen LogP contribution >= 0.6 is 0 Å². The second kappa shape index (κ2) is 5.26. The van der Waals surface area contributed by atoms with Crippen molar-refractivity contribution in [3.8, 4) is 11.9 Å². The van der Waals surface area contributed by atoms with Crippen molar-refractivity contribution in [2.45, 2.75) is 19.4 Å². The second-order valence-electron chi connectivity index (χ2n) is 3.58. The van der Waals surface area contributed by atoms with Crippen LogP contribution in [0.5, 0.6) is 5.75 Å². The smallest absolute Gasteiger partial charge is 0.179 e. The zero-order valence-corrected chi connectivity index (χ0v) is 9.40. The number of benzene rings is 1.